The van der Waals surface area contributed by atoms with Crippen LogP contribution in [0.4, 0.5) is 4.79 Å². The molecule has 1 spiro atoms. The number of H-pyrrole nitrogens is 1. The molecule has 27 heavy (non-hydrogen) atoms. The van der Waals surface area contributed by atoms with Crippen molar-refractivity contribution in [1.82, 2.24) is 19.7 Å². The van der Waals surface area contributed by atoms with E-state index in [9.17, 15) is 19.2 Å². The van der Waals surface area contributed by atoms with Gasteiger partial charge in [-0.15, -0.1) is 0 Å². The Morgan fingerprint density at radius 3 is 2.37 bits per heavy atom. The Morgan fingerprint density at radius 1 is 1.07 bits per heavy atom. The van der Waals surface area contributed by atoms with E-state index in [0.717, 1.165) is 41.8 Å². The van der Waals surface area contributed by atoms with Gasteiger partial charge in [-0.1, -0.05) is 0 Å². The van der Waals surface area contributed by atoms with E-state index in [0.29, 0.717) is 25.9 Å². The number of carbonyl (C=O) groups is 3. The summed E-state index contributed by atoms with van der Waals surface area (Å²) in [4.78, 5) is 57.1. The molecule has 8 nitrogen and oxygen atoms in total. The molecule has 1 N–H and O–H groups in total. The molecule has 1 aromatic rings. The monoisotopic (exact) mass is 372 g/mol. The van der Waals surface area contributed by atoms with E-state index < -0.39 is 5.54 Å². The second-order valence-electron chi connectivity index (χ2n) is 7.75. The smallest absolute Gasteiger partial charge is 0.327 e. The molecule has 0 radical (unpaired) electrons. The number of aromatic nitrogens is 1. The minimum absolute atomic E-state index is 0.172. The second kappa shape index (κ2) is 6.21. The van der Waals surface area contributed by atoms with Crippen LogP contribution >= 0.6 is 0 Å². The molecule has 3 heterocycles. The summed E-state index contributed by atoms with van der Waals surface area (Å²) in [6.07, 6.45) is 4.61. The van der Waals surface area contributed by atoms with Crippen LogP contribution in [-0.4, -0.2) is 70.3 Å². The zero-order chi connectivity index (χ0) is 19.3. The highest BCUT2D eigenvalue weighted by atomic mass is 16.2. The molecule has 0 bridgehead atoms. The summed E-state index contributed by atoms with van der Waals surface area (Å²) in [5.74, 6) is -0.513. The Balaban J connectivity index is 1.54. The van der Waals surface area contributed by atoms with Crippen LogP contribution in [-0.2, 0) is 17.6 Å². The Hall–Kier alpha value is -2.64. The maximum atomic E-state index is 12.9. The number of aryl methyl sites for hydroxylation is 2. The van der Waals surface area contributed by atoms with E-state index in [1.807, 2.05) is 0 Å². The molecule has 0 saturated carbocycles. The number of piperidine rings is 1. The van der Waals surface area contributed by atoms with Crippen LogP contribution in [0.15, 0.2) is 10.9 Å². The Bertz CT molecular complexity index is 882. The van der Waals surface area contributed by atoms with Gasteiger partial charge in [0, 0.05) is 32.9 Å². The average Bonchev–Trinajstić information content (AvgIpc) is 2.84. The highest BCUT2D eigenvalue weighted by molar-refractivity contribution is 6.06. The number of imide groups is 1. The number of aromatic amines is 1. The second-order valence-corrected chi connectivity index (χ2v) is 7.75. The molecule has 4 amide bonds. The molecule has 2 saturated heterocycles. The van der Waals surface area contributed by atoms with Gasteiger partial charge >= 0.3 is 6.03 Å². The van der Waals surface area contributed by atoms with Gasteiger partial charge in [0.1, 0.15) is 11.1 Å². The fourth-order valence-corrected chi connectivity index (χ4v) is 4.58. The van der Waals surface area contributed by atoms with Gasteiger partial charge in [0.25, 0.3) is 17.4 Å². The molecule has 8 heteroatoms. The fourth-order valence-electron chi connectivity index (χ4n) is 4.58. The van der Waals surface area contributed by atoms with E-state index in [-0.39, 0.29) is 29.0 Å². The Labute approximate surface area is 157 Å². The third-order valence-corrected chi connectivity index (χ3v) is 6.36. The van der Waals surface area contributed by atoms with Crippen molar-refractivity contribution in [2.24, 2.45) is 0 Å². The Morgan fingerprint density at radius 2 is 1.74 bits per heavy atom. The number of hydrogen-bond donors (Lipinski definition) is 1. The lowest BCUT2D eigenvalue weighted by atomic mass is 9.86. The van der Waals surface area contributed by atoms with Crippen LogP contribution in [0.5, 0.6) is 0 Å². The highest BCUT2D eigenvalue weighted by Crippen LogP contribution is 2.35. The maximum Gasteiger partial charge on any atom is 0.327 e. The summed E-state index contributed by atoms with van der Waals surface area (Å²) < 4.78 is 0. The number of nitrogens with zero attached hydrogens (tertiary/aromatic N) is 3. The van der Waals surface area contributed by atoms with Gasteiger partial charge in [-0.05, 0) is 50.2 Å². The highest BCUT2D eigenvalue weighted by Gasteiger charge is 2.55. The van der Waals surface area contributed by atoms with Crippen molar-refractivity contribution in [2.45, 2.75) is 44.1 Å². The lowest BCUT2D eigenvalue weighted by molar-refractivity contribution is -0.134. The van der Waals surface area contributed by atoms with Gasteiger partial charge in [-0.3, -0.25) is 19.3 Å². The molecule has 4 rings (SSSR count). The van der Waals surface area contributed by atoms with Gasteiger partial charge in [-0.25, -0.2) is 4.79 Å². The number of amides is 4. The summed E-state index contributed by atoms with van der Waals surface area (Å²) in [6, 6.07) is 1.43. The van der Waals surface area contributed by atoms with E-state index in [1.54, 1.807) is 18.0 Å². The average molecular weight is 372 g/mol. The van der Waals surface area contributed by atoms with Crippen LogP contribution in [0, 0.1) is 0 Å². The number of likely N-dealkylation sites (N-methyl/N-ethyl adjacent to an activating group) is 2. The quantitative estimate of drug-likeness (QED) is 0.736. The minimum atomic E-state index is -0.870. The number of pyridine rings is 1. The summed E-state index contributed by atoms with van der Waals surface area (Å²) in [7, 11) is 3.12. The zero-order valence-electron chi connectivity index (χ0n) is 15.7. The first kappa shape index (κ1) is 17.8. The van der Waals surface area contributed by atoms with Crippen molar-refractivity contribution < 1.29 is 14.4 Å². The van der Waals surface area contributed by atoms with Gasteiger partial charge in [0.15, 0.2) is 0 Å². The van der Waals surface area contributed by atoms with Crippen molar-refractivity contribution in [3.8, 4) is 0 Å². The van der Waals surface area contributed by atoms with Gasteiger partial charge in [0.05, 0.1) is 0 Å². The SMILES string of the molecule is CN1C(=O)N(C)C2(CCN(C(=O)c3cc4c([nH]c3=O)CCCC4)CC2)C1=O. The molecular weight excluding hydrogens is 348 g/mol. The lowest BCUT2D eigenvalue weighted by Crippen LogP contribution is -2.56. The van der Waals surface area contributed by atoms with Crippen LogP contribution in [0.25, 0.3) is 0 Å². The normalized spacial score (nSPS) is 21.8. The molecule has 0 unspecified atom stereocenters. The standard InChI is InChI=1S/C19H24N4O4/c1-21-17(26)19(22(2)18(21)27)7-9-23(10-8-19)16(25)13-11-12-5-3-4-6-14(12)20-15(13)24/h11H,3-10H2,1-2H3,(H,20,24). The summed E-state index contributed by atoms with van der Waals surface area (Å²) in [6.45, 7) is 0.680. The topological polar surface area (TPSA) is 93.8 Å². The third-order valence-electron chi connectivity index (χ3n) is 6.36. The number of nitrogens with one attached hydrogen (secondary N) is 1. The molecule has 2 fully saturated rings. The van der Waals surface area contributed by atoms with Crippen molar-refractivity contribution >= 4 is 17.8 Å². The van der Waals surface area contributed by atoms with Crippen molar-refractivity contribution in [2.75, 3.05) is 27.2 Å². The number of rotatable bonds is 1. The molecule has 3 aliphatic rings. The van der Waals surface area contributed by atoms with E-state index in [1.165, 1.54) is 11.9 Å². The number of urea groups is 1. The summed E-state index contributed by atoms with van der Waals surface area (Å²) in [5.41, 5.74) is 0.955. The van der Waals surface area contributed by atoms with Crippen LogP contribution in [0.2, 0.25) is 0 Å². The van der Waals surface area contributed by atoms with Gasteiger partial charge < -0.3 is 14.8 Å². The zero-order valence-corrected chi connectivity index (χ0v) is 15.7. The molecule has 1 aromatic heterocycles. The maximum absolute atomic E-state index is 12.9. The van der Waals surface area contributed by atoms with Crippen LogP contribution in [0.1, 0.15) is 47.3 Å². The van der Waals surface area contributed by atoms with Crippen molar-refractivity contribution in [3.05, 3.63) is 33.2 Å². The minimum Gasteiger partial charge on any atom is -0.338 e. The first-order valence-corrected chi connectivity index (χ1v) is 9.45. The van der Waals surface area contributed by atoms with Crippen LogP contribution < -0.4 is 5.56 Å². The number of likely N-dealkylation sites (tertiary alicyclic amines) is 1. The lowest BCUT2D eigenvalue weighted by Gasteiger charge is -2.40. The van der Waals surface area contributed by atoms with Crippen molar-refractivity contribution in [3.63, 3.8) is 0 Å². The molecular formula is C19H24N4O4. The first-order chi connectivity index (χ1) is 12.8. The van der Waals surface area contributed by atoms with Crippen molar-refractivity contribution in [1.29, 1.82) is 0 Å². The molecule has 1 aliphatic carbocycles. The van der Waals surface area contributed by atoms with Gasteiger partial charge in [-0.2, -0.15) is 0 Å². The number of hydrogen-bond acceptors (Lipinski definition) is 4. The molecule has 0 aromatic carbocycles. The van der Waals surface area contributed by atoms with E-state index in [2.05, 4.69) is 4.98 Å². The number of fused-ring (bicyclic) bond motifs is 1. The Kier molecular flexibility index (Phi) is 4.09. The van der Waals surface area contributed by atoms with E-state index in [4.69, 9.17) is 0 Å². The van der Waals surface area contributed by atoms with E-state index >= 15 is 0 Å². The third kappa shape index (κ3) is 2.57. The van der Waals surface area contributed by atoms with Crippen LogP contribution in [0.3, 0.4) is 0 Å². The van der Waals surface area contributed by atoms with Gasteiger partial charge in [0.2, 0.25) is 0 Å². The summed E-state index contributed by atoms with van der Waals surface area (Å²) >= 11 is 0. The largest absolute Gasteiger partial charge is 0.338 e. The molecule has 0 atom stereocenters. The molecule has 144 valence electrons. The predicted molar refractivity (Wildman–Crippen MR) is 97.5 cm³/mol. The number of carbonyl (C=O) groups excluding carboxylic acids is 3. The fraction of sp³-hybridized carbons (Fsp3) is 0.579. The predicted octanol–water partition coefficient (Wildman–Crippen LogP) is 0.752. The molecule has 2 aliphatic heterocycles. The first-order valence-electron chi connectivity index (χ1n) is 9.45. The summed E-state index contributed by atoms with van der Waals surface area (Å²) in [5, 5.41) is 0.